The number of amides is 1. The van der Waals surface area contributed by atoms with Crippen LogP contribution in [-0.2, 0) is 11.2 Å². The molecule has 0 unspecified atom stereocenters. The summed E-state index contributed by atoms with van der Waals surface area (Å²) in [6, 6.07) is 7.61. The van der Waals surface area contributed by atoms with E-state index < -0.39 is 0 Å². The van der Waals surface area contributed by atoms with Crippen molar-refractivity contribution in [1.29, 1.82) is 0 Å². The molecule has 4 nitrogen and oxygen atoms in total. The predicted molar refractivity (Wildman–Crippen MR) is 82.1 cm³/mol. The molecule has 0 aliphatic heterocycles. The van der Waals surface area contributed by atoms with Crippen LogP contribution in [0.4, 0.5) is 0 Å². The second-order valence-electron chi connectivity index (χ2n) is 4.76. The summed E-state index contributed by atoms with van der Waals surface area (Å²) in [4.78, 5) is 14.2. The number of carbonyl (C=O) groups excluding carboxylic acids is 1. The van der Waals surface area contributed by atoms with Gasteiger partial charge in [-0.15, -0.1) is 0 Å². The summed E-state index contributed by atoms with van der Waals surface area (Å²) in [5.41, 5.74) is 1.01. The van der Waals surface area contributed by atoms with Crippen molar-refractivity contribution in [3.05, 3.63) is 29.8 Å². The zero-order valence-corrected chi connectivity index (χ0v) is 12.8. The Morgan fingerprint density at radius 3 is 2.40 bits per heavy atom. The van der Waals surface area contributed by atoms with Gasteiger partial charge in [0, 0.05) is 6.54 Å². The summed E-state index contributed by atoms with van der Waals surface area (Å²) in [6.07, 6.45) is 1.42. The molecule has 0 aromatic heterocycles. The van der Waals surface area contributed by atoms with E-state index in [1.54, 1.807) is 7.11 Å². The lowest BCUT2D eigenvalue weighted by Gasteiger charge is -2.17. The van der Waals surface area contributed by atoms with E-state index in [0.29, 0.717) is 6.42 Å². The quantitative estimate of drug-likeness (QED) is 0.703. The number of rotatable bonds is 9. The third-order valence-electron chi connectivity index (χ3n) is 3.39. The number of benzene rings is 1. The Labute approximate surface area is 122 Å². The first kappa shape index (κ1) is 16.5. The normalized spacial score (nSPS) is 10.6. The Hall–Kier alpha value is -1.55. The van der Waals surface area contributed by atoms with Crippen molar-refractivity contribution in [2.24, 2.45) is 0 Å². The van der Waals surface area contributed by atoms with Gasteiger partial charge in [0.2, 0.25) is 5.91 Å². The molecule has 112 valence electrons. The molecule has 0 saturated carbocycles. The van der Waals surface area contributed by atoms with E-state index >= 15 is 0 Å². The molecule has 1 aromatic rings. The van der Waals surface area contributed by atoms with E-state index in [1.807, 2.05) is 24.3 Å². The molecule has 0 atom stereocenters. The third kappa shape index (κ3) is 6.06. The van der Waals surface area contributed by atoms with E-state index in [9.17, 15) is 4.79 Å². The molecule has 0 bridgehead atoms. The van der Waals surface area contributed by atoms with E-state index in [-0.39, 0.29) is 5.91 Å². The lowest BCUT2D eigenvalue weighted by atomic mass is 10.1. The summed E-state index contributed by atoms with van der Waals surface area (Å²) in [7, 11) is 1.64. The SMILES string of the molecule is CCN(CC)CCCNC(=O)Cc1ccc(OC)cc1. The molecule has 1 amide bonds. The number of ether oxygens (including phenoxy) is 1. The maximum atomic E-state index is 11.8. The van der Waals surface area contributed by atoms with Crippen LogP contribution >= 0.6 is 0 Å². The van der Waals surface area contributed by atoms with Crippen LogP contribution in [0.25, 0.3) is 0 Å². The monoisotopic (exact) mass is 278 g/mol. The van der Waals surface area contributed by atoms with Crippen LogP contribution in [0.3, 0.4) is 0 Å². The highest BCUT2D eigenvalue weighted by molar-refractivity contribution is 5.78. The molecule has 1 N–H and O–H groups in total. The number of carbonyl (C=O) groups is 1. The van der Waals surface area contributed by atoms with Gasteiger partial charge in [-0.25, -0.2) is 0 Å². The lowest BCUT2D eigenvalue weighted by molar-refractivity contribution is -0.120. The zero-order chi connectivity index (χ0) is 14.8. The van der Waals surface area contributed by atoms with Crippen molar-refractivity contribution < 1.29 is 9.53 Å². The van der Waals surface area contributed by atoms with Crippen molar-refractivity contribution in [1.82, 2.24) is 10.2 Å². The van der Waals surface area contributed by atoms with Gasteiger partial charge in [-0.1, -0.05) is 26.0 Å². The average Bonchev–Trinajstić information content (AvgIpc) is 2.48. The summed E-state index contributed by atoms with van der Waals surface area (Å²) < 4.78 is 5.09. The van der Waals surface area contributed by atoms with Crippen molar-refractivity contribution in [3.63, 3.8) is 0 Å². The van der Waals surface area contributed by atoms with Gasteiger partial charge in [-0.3, -0.25) is 4.79 Å². The molecule has 1 rings (SSSR count). The van der Waals surface area contributed by atoms with Gasteiger partial charge in [0.25, 0.3) is 0 Å². The molecule has 1 aromatic carbocycles. The highest BCUT2D eigenvalue weighted by Gasteiger charge is 2.04. The van der Waals surface area contributed by atoms with Crippen molar-refractivity contribution in [2.75, 3.05) is 33.3 Å². The average molecular weight is 278 g/mol. The van der Waals surface area contributed by atoms with Crippen molar-refractivity contribution in [2.45, 2.75) is 26.7 Å². The van der Waals surface area contributed by atoms with Gasteiger partial charge < -0.3 is 15.0 Å². The Bertz CT molecular complexity index is 386. The summed E-state index contributed by atoms with van der Waals surface area (Å²) in [5.74, 6) is 0.892. The highest BCUT2D eigenvalue weighted by atomic mass is 16.5. The van der Waals surface area contributed by atoms with Gasteiger partial charge in [0.15, 0.2) is 0 Å². The molecule has 0 spiro atoms. The molecule has 20 heavy (non-hydrogen) atoms. The second kappa shape index (κ2) is 9.37. The van der Waals surface area contributed by atoms with Gasteiger partial charge in [-0.2, -0.15) is 0 Å². The maximum Gasteiger partial charge on any atom is 0.224 e. The summed E-state index contributed by atoms with van der Waals surface area (Å²) in [6.45, 7) is 8.23. The minimum absolute atomic E-state index is 0.0784. The summed E-state index contributed by atoms with van der Waals surface area (Å²) >= 11 is 0. The van der Waals surface area contributed by atoms with Gasteiger partial charge in [0.1, 0.15) is 5.75 Å². The van der Waals surface area contributed by atoms with Crippen molar-refractivity contribution in [3.8, 4) is 5.75 Å². The number of methoxy groups -OCH3 is 1. The Balaban J connectivity index is 2.22. The Morgan fingerprint density at radius 1 is 1.20 bits per heavy atom. The number of nitrogens with one attached hydrogen (secondary N) is 1. The second-order valence-corrected chi connectivity index (χ2v) is 4.76. The van der Waals surface area contributed by atoms with Crippen LogP contribution in [0.2, 0.25) is 0 Å². The number of hydrogen-bond donors (Lipinski definition) is 1. The van der Waals surface area contributed by atoms with Crippen LogP contribution in [0.1, 0.15) is 25.8 Å². The molecule has 0 radical (unpaired) electrons. The molecular formula is C16H26N2O2. The van der Waals surface area contributed by atoms with Crippen molar-refractivity contribution >= 4 is 5.91 Å². The zero-order valence-electron chi connectivity index (χ0n) is 12.8. The van der Waals surface area contributed by atoms with Gasteiger partial charge in [0.05, 0.1) is 13.5 Å². The van der Waals surface area contributed by atoms with Crippen LogP contribution in [-0.4, -0.2) is 44.1 Å². The first-order chi connectivity index (χ1) is 9.69. The highest BCUT2D eigenvalue weighted by Crippen LogP contribution is 2.11. The molecule has 4 heteroatoms. The van der Waals surface area contributed by atoms with Crippen LogP contribution in [0.15, 0.2) is 24.3 Å². The Kier molecular flexibility index (Phi) is 7.73. The largest absolute Gasteiger partial charge is 0.497 e. The third-order valence-corrected chi connectivity index (χ3v) is 3.39. The molecule has 0 aliphatic rings. The molecular weight excluding hydrogens is 252 g/mol. The lowest BCUT2D eigenvalue weighted by Crippen LogP contribution is -2.30. The number of nitrogens with zero attached hydrogens (tertiary/aromatic N) is 1. The van der Waals surface area contributed by atoms with Crippen LogP contribution in [0, 0.1) is 0 Å². The van der Waals surface area contributed by atoms with E-state index in [1.165, 1.54) is 0 Å². The van der Waals surface area contributed by atoms with Gasteiger partial charge in [-0.05, 0) is 43.8 Å². The Morgan fingerprint density at radius 2 is 1.85 bits per heavy atom. The fourth-order valence-electron chi connectivity index (χ4n) is 2.06. The topological polar surface area (TPSA) is 41.6 Å². The first-order valence-corrected chi connectivity index (χ1v) is 7.31. The fourth-order valence-corrected chi connectivity index (χ4v) is 2.06. The predicted octanol–water partition coefficient (Wildman–Crippen LogP) is 2.09. The van der Waals surface area contributed by atoms with E-state index in [2.05, 4.69) is 24.1 Å². The molecule has 0 aliphatic carbocycles. The summed E-state index contributed by atoms with van der Waals surface area (Å²) in [5, 5.41) is 2.97. The minimum atomic E-state index is 0.0784. The van der Waals surface area contributed by atoms with E-state index in [0.717, 1.165) is 43.9 Å². The van der Waals surface area contributed by atoms with Gasteiger partial charge >= 0.3 is 0 Å². The molecule has 0 saturated heterocycles. The molecule has 0 heterocycles. The molecule has 0 fully saturated rings. The first-order valence-electron chi connectivity index (χ1n) is 7.31. The fraction of sp³-hybridized carbons (Fsp3) is 0.562. The van der Waals surface area contributed by atoms with E-state index in [4.69, 9.17) is 4.74 Å². The smallest absolute Gasteiger partial charge is 0.224 e. The standard InChI is InChI=1S/C16H26N2O2/c1-4-18(5-2)12-6-11-17-16(19)13-14-7-9-15(20-3)10-8-14/h7-10H,4-6,11-13H2,1-3H3,(H,17,19). The number of hydrogen-bond acceptors (Lipinski definition) is 3. The maximum absolute atomic E-state index is 11.8. The minimum Gasteiger partial charge on any atom is -0.497 e. The van der Waals surface area contributed by atoms with Crippen LogP contribution < -0.4 is 10.1 Å². The van der Waals surface area contributed by atoms with Crippen LogP contribution in [0.5, 0.6) is 5.75 Å².